The molecule has 34 heavy (non-hydrogen) atoms. The summed E-state index contributed by atoms with van der Waals surface area (Å²) in [5.41, 5.74) is 1.55. The van der Waals surface area contributed by atoms with Gasteiger partial charge in [-0.15, -0.1) is 0 Å². The predicted molar refractivity (Wildman–Crippen MR) is 125 cm³/mol. The van der Waals surface area contributed by atoms with E-state index in [1.165, 1.54) is 40.2 Å². The number of amides is 1. The molecule has 0 spiro atoms. The average molecular weight is 484 g/mol. The maximum Gasteiger partial charge on any atom is 0.308 e. The van der Waals surface area contributed by atoms with Crippen molar-refractivity contribution in [3.63, 3.8) is 0 Å². The molecule has 0 fully saturated rings. The van der Waals surface area contributed by atoms with Gasteiger partial charge in [-0.25, -0.2) is 0 Å². The first kappa shape index (κ1) is 24.7. The highest BCUT2D eigenvalue weighted by Crippen LogP contribution is 2.30. The van der Waals surface area contributed by atoms with E-state index in [-0.39, 0.29) is 40.4 Å². The molecule has 0 radical (unpaired) electrons. The number of benzene rings is 2. The first-order valence-corrected chi connectivity index (χ1v) is 10.5. The molecule has 2 aromatic carbocycles. The number of ether oxygens (including phenoxy) is 3. The number of nitrogens with one attached hydrogen (secondary N) is 1. The summed E-state index contributed by atoms with van der Waals surface area (Å²) < 4.78 is 15.4. The summed E-state index contributed by atoms with van der Waals surface area (Å²) >= 11 is 5.89. The van der Waals surface area contributed by atoms with E-state index < -0.39 is 23.4 Å². The number of anilines is 1. The van der Waals surface area contributed by atoms with Crippen LogP contribution in [0, 0.1) is 0 Å². The fourth-order valence-corrected chi connectivity index (χ4v) is 3.57. The fraction of sp³-hybridized carbons (Fsp3) is 0.200. The number of hydrogen-bond acceptors (Lipinski definition) is 7. The van der Waals surface area contributed by atoms with Gasteiger partial charge in [0.2, 0.25) is 23.1 Å². The van der Waals surface area contributed by atoms with Gasteiger partial charge in [-0.1, -0.05) is 17.7 Å². The number of rotatable bonds is 7. The molecule has 0 aromatic heterocycles. The highest BCUT2D eigenvalue weighted by Gasteiger charge is 2.34. The van der Waals surface area contributed by atoms with E-state index in [0.29, 0.717) is 16.3 Å². The molecule has 1 N–H and O–H groups in total. The van der Waals surface area contributed by atoms with Crippen molar-refractivity contribution >= 4 is 40.7 Å². The van der Waals surface area contributed by atoms with Crippen molar-refractivity contribution in [1.29, 1.82) is 0 Å². The third-order valence-electron chi connectivity index (χ3n) is 5.12. The van der Waals surface area contributed by atoms with Crippen molar-refractivity contribution in [3.8, 4) is 5.75 Å². The molecule has 0 unspecified atom stereocenters. The molecule has 0 atom stereocenters. The zero-order valence-electron chi connectivity index (χ0n) is 19.0. The van der Waals surface area contributed by atoms with Crippen LogP contribution in [0.15, 0.2) is 65.1 Å². The molecule has 176 valence electrons. The van der Waals surface area contributed by atoms with Crippen LogP contribution in [-0.2, 0) is 30.3 Å². The van der Waals surface area contributed by atoms with Gasteiger partial charge in [0.15, 0.2) is 0 Å². The highest BCUT2D eigenvalue weighted by molar-refractivity contribution is 6.30. The maximum absolute atomic E-state index is 13.0. The van der Waals surface area contributed by atoms with Crippen molar-refractivity contribution in [2.75, 3.05) is 19.5 Å². The second kappa shape index (κ2) is 10.4. The molecule has 1 amide bonds. The topological polar surface area (TPSA) is 108 Å². The largest absolute Gasteiger partial charge is 0.489 e. The Kier molecular flexibility index (Phi) is 7.53. The summed E-state index contributed by atoms with van der Waals surface area (Å²) in [7, 11) is 2.57. The molecule has 0 saturated heterocycles. The number of hydrogen-bond donors (Lipinski definition) is 1. The van der Waals surface area contributed by atoms with Crippen molar-refractivity contribution < 1.29 is 33.4 Å². The van der Waals surface area contributed by atoms with E-state index >= 15 is 0 Å². The van der Waals surface area contributed by atoms with Crippen LogP contribution in [-0.4, -0.2) is 37.7 Å². The molecule has 8 nitrogen and oxygen atoms in total. The lowest BCUT2D eigenvalue weighted by Gasteiger charge is -2.20. The van der Waals surface area contributed by atoms with Crippen molar-refractivity contribution in [1.82, 2.24) is 0 Å². The predicted octanol–water partition coefficient (Wildman–Crippen LogP) is 4.03. The van der Waals surface area contributed by atoms with Crippen LogP contribution in [0.2, 0.25) is 5.02 Å². The molecule has 0 bridgehead atoms. The molecule has 0 aliphatic heterocycles. The van der Waals surface area contributed by atoms with Crippen molar-refractivity contribution in [2.24, 2.45) is 0 Å². The number of Topliss-reactive ketones (excluding diaryl/α,β-unsaturated/α-hetero) is 2. The van der Waals surface area contributed by atoms with Gasteiger partial charge < -0.3 is 19.5 Å². The Labute approximate surface area is 201 Å². The lowest BCUT2D eigenvalue weighted by molar-refractivity contribution is -0.131. The molecule has 9 heteroatoms. The van der Waals surface area contributed by atoms with E-state index in [1.807, 2.05) is 0 Å². The number of esters is 1. The third kappa shape index (κ3) is 5.18. The Morgan fingerprint density at radius 3 is 2.15 bits per heavy atom. The first-order valence-electron chi connectivity index (χ1n) is 10.2. The third-order valence-corrected chi connectivity index (χ3v) is 5.37. The van der Waals surface area contributed by atoms with Gasteiger partial charge in [0, 0.05) is 35.2 Å². The summed E-state index contributed by atoms with van der Waals surface area (Å²) in [6.45, 7) is 2.75. The first-order chi connectivity index (χ1) is 16.2. The van der Waals surface area contributed by atoms with Crippen LogP contribution in [0.1, 0.15) is 29.8 Å². The zero-order chi connectivity index (χ0) is 25.0. The number of ketones is 2. The summed E-state index contributed by atoms with van der Waals surface area (Å²) in [5.74, 6) is -2.33. The molecule has 0 saturated carbocycles. The van der Waals surface area contributed by atoms with Crippen LogP contribution in [0.25, 0.3) is 0 Å². The molecule has 1 aliphatic carbocycles. The number of carbonyl (C=O) groups is 4. The van der Waals surface area contributed by atoms with E-state index in [9.17, 15) is 19.2 Å². The Hall–Kier alpha value is -3.91. The molecule has 0 heterocycles. The number of halogens is 1. The lowest BCUT2D eigenvalue weighted by Crippen LogP contribution is -2.26. The van der Waals surface area contributed by atoms with Gasteiger partial charge in [0.1, 0.15) is 5.75 Å². The minimum absolute atomic E-state index is 0.0435. The van der Waals surface area contributed by atoms with E-state index in [0.717, 1.165) is 0 Å². The summed E-state index contributed by atoms with van der Waals surface area (Å²) in [6, 6.07) is 11.1. The Morgan fingerprint density at radius 1 is 0.941 bits per heavy atom. The Morgan fingerprint density at radius 2 is 1.56 bits per heavy atom. The van der Waals surface area contributed by atoms with Gasteiger partial charge in [-0.05, 0) is 48.9 Å². The van der Waals surface area contributed by atoms with Gasteiger partial charge in [0.05, 0.1) is 19.8 Å². The standard InChI is InChI=1S/C25H22ClNO7/c1-13-18(22(30)24(33-4)23(32-3)21(13)29)11-15-5-10-20(34-14(2)28)19(12-15)25(31)27-17-8-6-16(26)7-9-17/h5-10,12H,11H2,1-4H3,(H,27,31). The van der Waals surface area contributed by atoms with Crippen LogP contribution < -0.4 is 10.1 Å². The average Bonchev–Trinajstić information content (AvgIpc) is 2.80. The van der Waals surface area contributed by atoms with Crippen molar-refractivity contribution in [3.05, 3.63) is 81.3 Å². The monoisotopic (exact) mass is 483 g/mol. The lowest BCUT2D eigenvalue weighted by atomic mass is 9.88. The van der Waals surface area contributed by atoms with Gasteiger partial charge >= 0.3 is 5.97 Å². The second-order valence-corrected chi connectivity index (χ2v) is 7.83. The van der Waals surface area contributed by atoms with E-state index in [4.69, 9.17) is 25.8 Å². The van der Waals surface area contributed by atoms with Gasteiger partial charge in [-0.3, -0.25) is 19.2 Å². The van der Waals surface area contributed by atoms with Crippen LogP contribution >= 0.6 is 11.6 Å². The number of methoxy groups -OCH3 is 2. The quantitative estimate of drug-likeness (QED) is 0.360. The molecule has 1 aliphatic rings. The van der Waals surface area contributed by atoms with Crippen LogP contribution in [0.3, 0.4) is 0 Å². The van der Waals surface area contributed by atoms with Crippen LogP contribution in [0.4, 0.5) is 5.69 Å². The zero-order valence-corrected chi connectivity index (χ0v) is 19.7. The normalized spacial score (nSPS) is 13.7. The SMILES string of the molecule is COC1=C(OC)C(=O)C(Cc2ccc(OC(C)=O)c(C(=O)Nc3ccc(Cl)cc3)c2)=C(C)C1=O. The summed E-state index contributed by atoms with van der Waals surface area (Å²) in [5, 5.41) is 3.23. The minimum Gasteiger partial charge on any atom is -0.489 e. The van der Waals surface area contributed by atoms with Gasteiger partial charge in [0.25, 0.3) is 5.91 Å². The summed E-state index contributed by atoms with van der Waals surface area (Å²) in [6.07, 6.45) is 0.0435. The fourth-order valence-electron chi connectivity index (χ4n) is 3.45. The van der Waals surface area contributed by atoms with Gasteiger partial charge in [-0.2, -0.15) is 0 Å². The molecular formula is C25H22ClNO7. The Bertz CT molecular complexity index is 1240. The van der Waals surface area contributed by atoms with Crippen LogP contribution in [0.5, 0.6) is 5.75 Å². The Balaban J connectivity index is 1.97. The molecule has 2 aromatic rings. The smallest absolute Gasteiger partial charge is 0.308 e. The molecule has 3 rings (SSSR count). The van der Waals surface area contributed by atoms with Crippen molar-refractivity contribution in [2.45, 2.75) is 20.3 Å². The number of allylic oxidation sites excluding steroid dienone is 2. The van der Waals surface area contributed by atoms with E-state index in [1.54, 1.807) is 30.3 Å². The molecular weight excluding hydrogens is 462 g/mol. The second-order valence-electron chi connectivity index (χ2n) is 7.39. The highest BCUT2D eigenvalue weighted by atomic mass is 35.5. The summed E-state index contributed by atoms with van der Waals surface area (Å²) in [4.78, 5) is 50.1. The minimum atomic E-state index is -0.595. The number of carbonyl (C=O) groups excluding carboxylic acids is 4. The van der Waals surface area contributed by atoms with E-state index in [2.05, 4.69) is 5.32 Å². The maximum atomic E-state index is 13.0.